The van der Waals surface area contributed by atoms with Gasteiger partial charge in [-0.3, -0.25) is 4.79 Å². The first kappa shape index (κ1) is 17.8. The molecule has 0 aliphatic rings. The number of amides is 1. The maximum atomic E-state index is 13.8. The summed E-state index contributed by atoms with van der Waals surface area (Å²) < 4.78 is 33.0. The van der Waals surface area contributed by atoms with Crippen molar-refractivity contribution >= 4 is 11.6 Å². The van der Waals surface area contributed by atoms with E-state index in [1.165, 1.54) is 12.3 Å². The van der Waals surface area contributed by atoms with Crippen LogP contribution in [0.15, 0.2) is 47.0 Å². The molecule has 0 atom stereocenters. The first-order chi connectivity index (χ1) is 12.4. The third kappa shape index (κ3) is 3.96. The summed E-state index contributed by atoms with van der Waals surface area (Å²) in [6.07, 6.45) is 1.64. The molecule has 0 radical (unpaired) electrons. The van der Waals surface area contributed by atoms with Crippen LogP contribution in [0.4, 0.5) is 14.5 Å². The van der Waals surface area contributed by atoms with Crippen molar-refractivity contribution < 1.29 is 18.0 Å². The monoisotopic (exact) mass is 356 g/mol. The fraction of sp³-hybridized carbons (Fsp3) is 0.200. The van der Waals surface area contributed by atoms with Crippen molar-refractivity contribution in [2.75, 3.05) is 5.32 Å². The standard InChI is InChI=1S/C20H18F2N2O2/c1-12-6-7-16(13(2)10-12)24-18(25)8-9-19-23-11-17(26-19)20-14(21)4-3-5-15(20)22/h3-7,10-11H,8-9H2,1-2H3,(H,24,25). The number of anilines is 1. The van der Waals surface area contributed by atoms with E-state index in [9.17, 15) is 13.6 Å². The largest absolute Gasteiger partial charge is 0.441 e. The summed E-state index contributed by atoms with van der Waals surface area (Å²) in [6, 6.07) is 9.34. The van der Waals surface area contributed by atoms with E-state index in [1.54, 1.807) is 0 Å². The van der Waals surface area contributed by atoms with E-state index in [2.05, 4.69) is 10.3 Å². The van der Waals surface area contributed by atoms with Gasteiger partial charge in [-0.05, 0) is 37.6 Å². The number of aromatic nitrogens is 1. The van der Waals surface area contributed by atoms with Crippen molar-refractivity contribution in [2.45, 2.75) is 26.7 Å². The maximum absolute atomic E-state index is 13.8. The minimum Gasteiger partial charge on any atom is -0.441 e. The number of carbonyl (C=O) groups excluding carboxylic acids is 1. The molecule has 0 fully saturated rings. The van der Waals surface area contributed by atoms with Gasteiger partial charge in [0.05, 0.1) is 11.8 Å². The molecule has 3 aromatic rings. The van der Waals surface area contributed by atoms with Crippen LogP contribution >= 0.6 is 0 Å². The van der Waals surface area contributed by atoms with Gasteiger partial charge in [-0.25, -0.2) is 13.8 Å². The van der Waals surface area contributed by atoms with Crippen molar-refractivity contribution in [2.24, 2.45) is 0 Å². The van der Waals surface area contributed by atoms with Crippen LogP contribution in [0.5, 0.6) is 0 Å². The highest BCUT2D eigenvalue weighted by Crippen LogP contribution is 2.26. The van der Waals surface area contributed by atoms with Crippen molar-refractivity contribution in [3.63, 3.8) is 0 Å². The number of hydrogen-bond donors (Lipinski definition) is 1. The van der Waals surface area contributed by atoms with Gasteiger partial charge in [-0.2, -0.15) is 0 Å². The summed E-state index contributed by atoms with van der Waals surface area (Å²) in [5.74, 6) is -1.38. The molecule has 0 spiro atoms. The van der Waals surface area contributed by atoms with Gasteiger partial charge in [0.1, 0.15) is 11.6 Å². The molecule has 0 unspecified atom stereocenters. The lowest BCUT2D eigenvalue weighted by molar-refractivity contribution is -0.116. The topological polar surface area (TPSA) is 55.1 Å². The Bertz CT molecular complexity index is 930. The van der Waals surface area contributed by atoms with Gasteiger partial charge in [0.15, 0.2) is 11.7 Å². The van der Waals surface area contributed by atoms with Gasteiger partial charge < -0.3 is 9.73 Å². The summed E-state index contributed by atoms with van der Waals surface area (Å²) in [5, 5.41) is 2.84. The Kier molecular flexibility index (Phi) is 5.11. The maximum Gasteiger partial charge on any atom is 0.224 e. The second-order valence-corrected chi connectivity index (χ2v) is 6.08. The number of carbonyl (C=O) groups is 1. The van der Waals surface area contributed by atoms with Crippen LogP contribution in [0.25, 0.3) is 11.3 Å². The minimum absolute atomic E-state index is 0.00499. The van der Waals surface area contributed by atoms with Gasteiger partial charge in [-0.1, -0.05) is 23.8 Å². The van der Waals surface area contributed by atoms with Gasteiger partial charge in [0.2, 0.25) is 5.91 Å². The third-order valence-electron chi connectivity index (χ3n) is 3.98. The van der Waals surface area contributed by atoms with E-state index in [1.807, 2.05) is 32.0 Å². The molecule has 4 nitrogen and oxygen atoms in total. The van der Waals surface area contributed by atoms with Gasteiger partial charge in [0.25, 0.3) is 0 Å². The zero-order chi connectivity index (χ0) is 18.7. The second kappa shape index (κ2) is 7.47. The van der Waals surface area contributed by atoms with E-state index in [4.69, 9.17) is 4.42 Å². The highest BCUT2D eigenvalue weighted by molar-refractivity contribution is 5.91. The molecule has 0 saturated carbocycles. The number of nitrogens with zero attached hydrogens (tertiary/aromatic N) is 1. The van der Waals surface area contributed by atoms with Crippen LogP contribution in [-0.4, -0.2) is 10.9 Å². The molecule has 2 aromatic carbocycles. The van der Waals surface area contributed by atoms with Crippen molar-refractivity contribution in [3.8, 4) is 11.3 Å². The molecule has 0 saturated heterocycles. The predicted molar refractivity (Wildman–Crippen MR) is 94.7 cm³/mol. The Morgan fingerprint density at radius 2 is 1.88 bits per heavy atom. The Balaban J connectivity index is 1.64. The van der Waals surface area contributed by atoms with Crippen LogP contribution in [-0.2, 0) is 11.2 Å². The normalized spacial score (nSPS) is 10.8. The Morgan fingerprint density at radius 1 is 1.15 bits per heavy atom. The molecule has 6 heteroatoms. The fourth-order valence-corrected chi connectivity index (χ4v) is 2.66. The number of hydrogen-bond acceptors (Lipinski definition) is 3. The van der Waals surface area contributed by atoms with E-state index in [-0.39, 0.29) is 36.0 Å². The number of benzene rings is 2. The Morgan fingerprint density at radius 3 is 2.58 bits per heavy atom. The molecule has 1 heterocycles. The third-order valence-corrected chi connectivity index (χ3v) is 3.98. The number of aryl methyl sites for hydroxylation is 3. The van der Waals surface area contributed by atoms with Crippen molar-refractivity contribution in [1.82, 2.24) is 4.98 Å². The quantitative estimate of drug-likeness (QED) is 0.714. The summed E-state index contributed by atoms with van der Waals surface area (Å²) in [4.78, 5) is 16.1. The van der Waals surface area contributed by atoms with Crippen LogP contribution in [0, 0.1) is 25.5 Å². The number of rotatable bonds is 5. The lowest BCUT2D eigenvalue weighted by Crippen LogP contribution is -2.13. The SMILES string of the molecule is Cc1ccc(NC(=O)CCc2ncc(-c3c(F)cccc3F)o2)c(C)c1. The zero-order valence-corrected chi connectivity index (χ0v) is 14.5. The zero-order valence-electron chi connectivity index (χ0n) is 14.5. The molecule has 1 N–H and O–H groups in total. The predicted octanol–water partition coefficient (Wildman–Crippen LogP) is 4.81. The average molecular weight is 356 g/mol. The van der Waals surface area contributed by atoms with Gasteiger partial charge in [-0.15, -0.1) is 0 Å². The highest BCUT2D eigenvalue weighted by atomic mass is 19.1. The van der Waals surface area contributed by atoms with Crippen LogP contribution in [0.2, 0.25) is 0 Å². The van der Waals surface area contributed by atoms with Crippen molar-refractivity contribution in [3.05, 3.63) is 71.2 Å². The summed E-state index contributed by atoms with van der Waals surface area (Å²) in [6.45, 7) is 3.91. The molecule has 1 aromatic heterocycles. The number of nitrogens with one attached hydrogen (secondary N) is 1. The van der Waals surface area contributed by atoms with Gasteiger partial charge in [0, 0.05) is 18.5 Å². The van der Waals surface area contributed by atoms with Crippen LogP contribution < -0.4 is 5.32 Å². The average Bonchev–Trinajstić information content (AvgIpc) is 3.04. The van der Waals surface area contributed by atoms with E-state index < -0.39 is 11.6 Å². The molecular weight excluding hydrogens is 338 g/mol. The van der Waals surface area contributed by atoms with Crippen molar-refractivity contribution in [1.29, 1.82) is 0 Å². The van der Waals surface area contributed by atoms with Crippen LogP contribution in [0.1, 0.15) is 23.4 Å². The lowest BCUT2D eigenvalue weighted by atomic mass is 10.1. The van der Waals surface area contributed by atoms with Crippen LogP contribution in [0.3, 0.4) is 0 Å². The lowest BCUT2D eigenvalue weighted by Gasteiger charge is -2.08. The minimum atomic E-state index is -0.722. The molecule has 134 valence electrons. The molecule has 1 amide bonds. The summed E-state index contributed by atoms with van der Waals surface area (Å²) in [7, 11) is 0. The Hall–Kier alpha value is -3.02. The fourth-order valence-electron chi connectivity index (χ4n) is 2.66. The molecule has 0 aliphatic carbocycles. The first-order valence-electron chi connectivity index (χ1n) is 8.20. The first-order valence-corrected chi connectivity index (χ1v) is 8.20. The smallest absolute Gasteiger partial charge is 0.224 e. The number of halogens is 2. The van der Waals surface area contributed by atoms with E-state index >= 15 is 0 Å². The highest BCUT2D eigenvalue weighted by Gasteiger charge is 2.16. The molecule has 0 bridgehead atoms. The summed E-state index contributed by atoms with van der Waals surface area (Å²) >= 11 is 0. The van der Waals surface area contributed by atoms with E-state index in [0.29, 0.717) is 0 Å². The summed E-state index contributed by atoms with van der Waals surface area (Å²) in [5.41, 5.74) is 2.59. The number of oxazole rings is 1. The second-order valence-electron chi connectivity index (χ2n) is 6.08. The molecule has 26 heavy (non-hydrogen) atoms. The molecule has 0 aliphatic heterocycles. The molecule has 3 rings (SSSR count). The van der Waals surface area contributed by atoms with Gasteiger partial charge >= 0.3 is 0 Å². The Labute approximate surface area is 149 Å². The van der Waals surface area contributed by atoms with E-state index in [0.717, 1.165) is 28.9 Å². The molecular formula is C20H18F2N2O2.